The second-order valence-electron chi connectivity index (χ2n) is 8.55. The Morgan fingerprint density at radius 1 is 1.16 bits per heavy atom. The van der Waals surface area contributed by atoms with Gasteiger partial charge in [0.05, 0.1) is 37.0 Å². The van der Waals surface area contributed by atoms with Crippen molar-refractivity contribution >= 4 is 0 Å². The lowest BCUT2D eigenvalue weighted by molar-refractivity contribution is -0.151. The minimum atomic E-state index is -0.748. The van der Waals surface area contributed by atoms with Gasteiger partial charge in [-0.2, -0.15) is 0 Å². The Morgan fingerprint density at radius 3 is 2.20 bits per heavy atom. The second kappa shape index (κ2) is 6.54. The van der Waals surface area contributed by atoms with Gasteiger partial charge in [0.25, 0.3) is 5.56 Å². The predicted octanol–water partition coefficient (Wildman–Crippen LogP) is 0.575. The van der Waals surface area contributed by atoms with Crippen molar-refractivity contribution in [2.24, 2.45) is 0 Å². The van der Waals surface area contributed by atoms with E-state index < -0.39 is 18.1 Å². The van der Waals surface area contributed by atoms with E-state index in [-0.39, 0.29) is 23.1 Å². The van der Waals surface area contributed by atoms with E-state index in [4.69, 9.17) is 4.74 Å². The molecule has 0 amide bonds. The van der Waals surface area contributed by atoms with Crippen LogP contribution in [0.5, 0.6) is 0 Å². The normalized spacial score (nSPS) is 31.4. The van der Waals surface area contributed by atoms with Gasteiger partial charge in [-0.3, -0.25) is 14.8 Å². The van der Waals surface area contributed by atoms with Crippen molar-refractivity contribution in [3.05, 3.63) is 21.6 Å². The Kier molecular flexibility index (Phi) is 4.87. The molecule has 0 spiro atoms. The van der Waals surface area contributed by atoms with Gasteiger partial charge in [0.2, 0.25) is 0 Å². The highest BCUT2D eigenvalue weighted by molar-refractivity contribution is 5.33. The molecule has 1 saturated carbocycles. The van der Waals surface area contributed by atoms with Crippen LogP contribution in [-0.2, 0) is 10.3 Å². The molecular formula is C18H31N3O4. The maximum atomic E-state index is 13.0. The van der Waals surface area contributed by atoms with Crippen LogP contribution in [0.3, 0.4) is 0 Å². The highest BCUT2D eigenvalue weighted by atomic mass is 16.5. The summed E-state index contributed by atoms with van der Waals surface area (Å²) in [5.41, 5.74) is 0.819. The van der Waals surface area contributed by atoms with Gasteiger partial charge >= 0.3 is 0 Å². The van der Waals surface area contributed by atoms with Gasteiger partial charge < -0.3 is 14.9 Å². The molecule has 1 saturated heterocycles. The fraction of sp³-hybridized carbons (Fsp3) is 0.833. The van der Waals surface area contributed by atoms with Crippen LogP contribution < -0.4 is 5.56 Å². The largest absolute Gasteiger partial charge is 0.391 e. The summed E-state index contributed by atoms with van der Waals surface area (Å²) in [5, 5.41) is 24.8. The van der Waals surface area contributed by atoms with E-state index in [2.05, 4.69) is 10.00 Å². The zero-order valence-electron chi connectivity index (χ0n) is 15.8. The first-order valence-electron chi connectivity index (χ1n) is 9.17. The van der Waals surface area contributed by atoms with Crippen molar-refractivity contribution in [2.45, 2.75) is 70.2 Å². The van der Waals surface area contributed by atoms with Crippen LogP contribution in [0, 0.1) is 0 Å². The average molecular weight is 353 g/mol. The van der Waals surface area contributed by atoms with Crippen LogP contribution in [0.1, 0.15) is 57.7 Å². The number of aromatic nitrogens is 2. The number of hydrogen-bond acceptors (Lipinski definition) is 5. The van der Waals surface area contributed by atoms with Gasteiger partial charge in [-0.1, -0.05) is 13.8 Å². The molecular weight excluding hydrogens is 322 g/mol. The first-order valence-corrected chi connectivity index (χ1v) is 9.17. The third-order valence-corrected chi connectivity index (χ3v) is 5.44. The van der Waals surface area contributed by atoms with Gasteiger partial charge in [0.1, 0.15) is 0 Å². The number of H-pyrrole nitrogens is 1. The lowest BCUT2D eigenvalue weighted by Crippen LogP contribution is -2.67. The number of aliphatic hydroxyl groups excluding tert-OH is 2. The molecule has 1 aromatic rings. The van der Waals surface area contributed by atoms with Crippen molar-refractivity contribution in [1.82, 2.24) is 14.7 Å². The molecule has 2 atom stereocenters. The Morgan fingerprint density at radius 2 is 1.72 bits per heavy atom. The average Bonchev–Trinajstić information content (AvgIpc) is 2.86. The highest BCUT2D eigenvalue weighted by Crippen LogP contribution is 2.42. The molecule has 2 fully saturated rings. The summed E-state index contributed by atoms with van der Waals surface area (Å²) >= 11 is 0. The summed E-state index contributed by atoms with van der Waals surface area (Å²) in [6, 6.07) is -0.328. The first-order chi connectivity index (χ1) is 11.6. The van der Waals surface area contributed by atoms with E-state index in [0.717, 1.165) is 5.69 Å². The summed E-state index contributed by atoms with van der Waals surface area (Å²) in [4.78, 5) is 15.1. The van der Waals surface area contributed by atoms with Gasteiger partial charge in [-0.05, 0) is 26.7 Å². The van der Waals surface area contributed by atoms with Gasteiger partial charge in [0.15, 0.2) is 0 Å². The number of aliphatic hydroxyl groups is 2. The summed E-state index contributed by atoms with van der Waals surface area (Å²) in [7, 11) is 0. The molecule has 2 aliphatic rings. The van der Waals surface area contributed by atoms with Crippen LogP contribution in [0.15, 0.2) is 4.79 Å². The number of hydrogen-bond donors (Lipinski definition) is 3. The monoisotopic (exact) mass is 353 g/mol. The van der Waals surface area contributed by atoms with E-state index in [1.165, 1.54) is 0 Å². The van der Waals surface area contributed by atoms with Crippen molar-refractivity contribution in [1.29, 1.82) is 0 Å². The Bertz CT molecular complexity index is 657. The fourth-order valence-corrected chi connectivity index (χ4v) is 4.03. The maximum Gasteiger partial charge on any atom is 0.270 e. The number of morpholine rings is 1. The van der Waals surface area contributed by atoms with Crippen molar-refractivity contribution in [2.75, 3.05) is 26.3 Å². The van der Waals surface area contributed by atoms with Crippen LogP contribution >= 0.6 is 0 Å². The van der Waals surface area contributed by atoms with E-state index in [9.17, 15) is 15.0 Å². The molecule has 1 aromatic heterocycles. The van der Waals surface area contributed by atoms with Crippen LogP contribution in [0.25, 0.3) is 0 Å². The molecule has 2 heterocycles. The molecule has 142 valence electrons. The van der Waals surface area contributed by atoms with Crippen molar-refractivity contribution < 1.29 is 14.9 Å². The molecule has 0 bridgehead atoms. The van der Waals surface area contributed by atoms with Gasteiger partial charge in [-0.15, -0.1) is 0 Å². The maximum absolute atomic E-state index is 13.0. The number of ether oxygens (including phenoxy) is 1. The predicted molar refractivity (Wildman–Crippen MR) is 95.1 cm³/mol. The smallest absolute Gasteiger partial charge is 0.270 e. The van der Waals surface area contributed by atoms with Crippen molar-refractivity contribution in [3.8, 4) is 0 Å². The number of aromatic amines is 1. The second-order valence-corrected chi connectivity index (χ2v) is 8.55. The molecule has 0 aromatic carbocycles. The number of nitrogens with zero attached hydrogens (tertiary/aromatic N) is 2. The molecule has 3 N–H and O–H groups in total. The minimum absolute atomic E-state index is 0.105. The SMILES string of the molecule is CC(C)c1[nH]n(C(C)(C)C)c(=O)c1C1C(O)C(N2CCOCC2)C1O. The summed E-state index contributed by atoms with van der Waals surface area (Å²) in [6.45, 7) is 12.5. The summed E-state index contributed by atoms with van der Waals surface area (Å²) in [6.07, 6.45) is -1.50. The summed E-state index contributed by atoms with van der Waals surface area (Å²) < 4.78 is 6.96. The Labute approximate surface area is 148 Å². The molecule has 3 rings (SSSR count). The molecule has 2 unspecified atom stereocenters. The van der Waals surface area contributed by atoms with E-state index in [0.29, 0.717) is 31.9 Å². The quantitative estimate of drug-likeness (QED) is 0.739. The zero-order valence-corrected chi connectivity index (χ0v) is 15.8. The molecule has 7 nitrogen and oxygen atoms in total. The van der Waals surface area contributed by atoms with Crippen LogP contribution in [0.4, 0.5) is 0 Å². The first kappa shape index (κ1) is 18.6. The van der Waals surface area contributed by atoms with Crippen molar-refractivity contribution in [3.63, 3.8) is 0 Å². The lowest BCUT2D eigenvalue weighted by atomic mass is 9.68. The lowest BCUT2D eigenvalue weighted by Gasteiger charge is -2.52. The third kappa shape index (κ3) is 3.07. The Hall–Kier alpha value is -1.15. The minimum Gasteiger partial charge on any atom is -0.391 e. The zero-order chi connectivity index (χ0) is 18.5. The number of nitrogens with one attached hydrogen (secondary N) is 1. The standard InChI is InChI=1S/C18H31N3O4/c1-10(2)13-11(17(24)21(19-13)18(3,4)5)12-15(22)14(16(12)23)20-6-8-25-9-7-20/h10,12,14-16,19,22-23H,6-9H2,1-5H3. The molecule has 7 heteroatoms. The molecule has 1 aliphatic carbocycles. The Balaban J connectivity index is 1.94. The third-order valence-electron chi connectivity index (χ3n) is 5.44. The van der Waals surface area contributed by atoms with Gasteiger partial charge in [-0.25, -0.2) is 4.68 Å². The summed E-state index contributed by atoms with van der Waals surface area (Å²) in [5.74, 6) is -0.439. The van der Waals surface area contributed by atoms with Crippen LogP contribution in [-0.4, -0.2) is 69.4 Å². The molecule has 0 radical (unpaired) electrons. The van der Waals surface area contributed by atoms with E-state index >= 15 is 0 Å². The molecule has 1 aliphatic heterocycles. The topological polar surface area (TPSA) is 90.7 Å². The van der Waals surface area contributed by atoms with Crippen LogP contribution in [0.2, 0.25) is 0 Å². The van der Waals surface area contributed by atoms with E-state index in [1.54, 1.807) is 4.68 Å². The number of rotatable bonds is 3. The van der Waals surface area contributed by atoms with E-state index in [1.807, 2.05) is 34.6 Å². The highest BCUT2D eigenvalue weighted by Gasteiger charge is 2.54. The molecule has 25 heavy (non-hydrogen) atoms. The fourth-order valence-electron chi connectivity index (χ4n) is 4.03. The van der Waals surface area contributed by atoms with Gasteiger partial charge in [0, 0.05) is 30.3 Å².